The first-order chi connectivity index (χ1) is 11.6. The molecular formula is C15H11Cl2F2NO4S. The third-order valence-corrected chi connectivity index (χ3v) is 5.92. The van der Waals surface area contributed by atoms with Gasteiger partial charge in [-0.1, -0.05) is 23.2 Å². The fourth-order valence-electron chi connectivity index (χ4n) is 2.06. The van der Waals surface area contributed by atoms with Gasteiger partial charge in [0.05, 0.1) is 20.6 Å². The Bertz CT molecular complexity index is 937. The molecule has 2 aromatic carbocycles. The summed E-state index contributed by atoms with van der Waals surface area (Å²) in [6.45, 7) is 1.06. The highest BCUT2D eigenvalue weighted by Gasteiger charge is 2.35. The maximum Gasteiger partial charge on any atom is 0.327 e. The van der Waals surface area contributed by atoms with E-state index in [9.17, 15) is 27.1 Å². The predicted molar refractivity (Wildman–Crippen MR) is 89.6 cm³/mol. The predicted octanol–water partition coefficient (Wildman–Crippen LogP) is 3.94. The summed E-state index contributed by atoms with van der Waals surface area (Å²) in [4.78, 5) is 11.0. The Morgan fingerprint density at radius 1 is 1.12 bits per heavy atom. The first-order valence-electron chi connectivity index (χ1n) is 6.73. The first-order valence-corrected chi connectivity index (χ1v) is 8.92. The molecule has 0 aliphatic rings. The molecule has 0 heterocycles. The number of benzene rings is 2. The van der Waals surface area contributed by atoms with E-state index >= 15 is 0 Å². The second-order valence-corrected chi connectivity index (χ2v) is 7.62. The molecule has 0 fully saturated rings. The van der Waals surface area contributed by atoms with Crippen molar-refractivity contribution in [3.8, 4) is 0 Å². The SMILES string of the molecule is CC(C(=O)O)N(c1ccc(F)cc1F)S(=O)(=O)c1ccc(Cl)c(Cl)c1. The van der Waals surface area contributed by atoms with Crippen molar-refractivity contribution in [3.63, 3.8) is 0 Å². The van der Waals surface area contributed by atoms with Crippen LogP contribution < -0.4 is 4.31 Å². The number of aliphatic carboxylic acids is 1. The Morgan fingerprint density at radius 2 is 1.76 bits per heavy atom. The summed E-state index contributed by atoms with van der Waals surface area (Å²) in [6, 6.07) is 3.79. The number of nitrogens with zero attached hydrogens (tertiary/aromatic N) is 1. The van der Waals surface area contributed by atoms with Crippen LogP contribution in [-0.4, -0.2) is 25.5 Å². The van der Waals surface area contributed by atoms with Crippen molar-refractivity contribution in [2.24, 2.45) is 0 Å². The van der Waals surface area contributed by atoms with Gasteiger partial charge in [0.15, 0.2) is 0 Å². The Hall–Kier alpha value is -1.90. The molecule has 25 heavy (non-hydrogen) atoms. The minimum absolute atomic E-state index is 0.0785. The maximum atomic E-state index is 14.1. The summed E-state index contributed by atoms with van der Waals surface area (Å²) in [5, 5.41) is 9.23. The third kappa shape index (κ3) is 3.86. The van der Waals surface area contributed by atoms with E-state index in [2.05, 4.69) is 0 Å². The van der Waals surface area contributed by atoms with E-state index in [0.29, 0.717) is 10.4 Å². The molecule has 0 aliphatic carbocycles. The van der Waals surface area contributed by atoms with Crippen LogP contribution in [-0.2, 0) is 14.8 Å². The topological polar surface area (TPSA) is 74.7 Å². The van der Waals surface area contributed by atoms with E-state index < -0.39 is 44.3 Å². The van der Waals surface area contributed by atoms with Crippen LogP contribution in [0.2, 0.25) is 10.0 Å². The third-order valence-electron chi connectivity index (χ3n) is 3.30. The lowest BCUT2D eigenvalue weighted by Crippen LogP contribution is -2.44. The monoisotopic (exact) mass is 409 g/mol. The van der Waals surface area contributed by atoms with Crippen LogP contribution >= 0.6 is 23.2 Å². The summed E-state index contributed by atoms with van der Waals surface area (Å²) in [5.41, 5.74) is -0.609. The quantitative estimate of drug-likeness (QED) is 0.811. The van der Waals surface area contributed by atoms with E-state index in [-0.39, 0.29) is 10.0 Å². The van der Waals surface area contributed by atoms with Gasteiger partial charge in [0.25, 0.3) is 10.0 Å². The molecule has 1 atom stereocenters. The fraction of sp³-hybridized carbons (Fsp3) is 0.133. The molecule has 0 bridgehead atoms. The van der Waals surface area contributed by atoms with Crippen molar-refractivity contribution in [2.75, 3.05) is 4.31 Å². The number of hydrogen-bond donors (Lipinski definition) is 1. The van der Waals surface area contributed by atoms with Crippen molar-refractivity contribution in [1.82, 2.24) is 0 Å². The molecule has 5 nitrogen and oxygen atoms in total. The maximum absolute atomic E-state index is 14.1. The Morgan fingerprint density at radius 3 is 2.28 bits per heavy atom. The second-order valence-electron chi connectivity index (χ2n) is 4.99. The van der Waals surface area contributed by atoms with Crippen LogP contribution in [0.4, 0.5) is 14.5 Å². The average molecular weight is 410 g/mol. The van der Waals surface area contributed by atoms with Crippen molar-refractivity contribution >= 4 is 44.9 Å². The standard InChI is InChI=1S/C15H11Cl2F2NO4S/c1-8(15(21)22)20(14-5-2-9(18)6-13(14)19)25(23,24)10-3-4-11(16)12(17)7-10/h2-8H,1H3,(H,21,22). The van der Waals surface area contributed by atoms with Gasteiger partial charge in [0.1, 0.15) is 17.7 Å². The zero-order chi connectivity index (χ0) is 18.9. The number of hydrogen-bond acceptors (Lipinski definition) is 3. The zero-order valence-corrected chi connectivity index (χ0v) is 14.9. The van der Waals surface area contributed by atoms with Crippen LogP contribution in [0.25, 0.3) is 0 Å². The van der Waals surface area contributed by atoms with E-state index in [1.807, 2.05) is 0 Å². The molecule has 0 saturated heterocycles. The van der Waals surface area contributed by atoms with Crippen LogP contribution in [0.5, 0.6) is 0 Å². The summed E-state index contributed by atoms with van der Waals surface area (Å²) >= 11 is 11.6. The molecule has 1 N–H and O–H groups in total. The van der Waals surface area contributed by atoms with Gasteiger partial charge in [-0.05, 0) is 37.3 Å². The zero-order valence-electron chi connectivity index (χ0n) is 12.6. The molecule has 134 valence electrons. The van der Waals surface area contributed by atoms with Crippen LogP contribution in [0.3, 0.4) is 0 Å². The van der Waals surface area contributed by atoms with Gasteiger partial charge in [0, 0.05) is 6.07 Å². The highest BCUT2D eigenvalue weighted by Crippen LogP contribution is 2.32. The molecule has 0 aromatic heterocycles. The molecule has 0 saturated carbocycles. The van der Waals surface area contributed by atoms with Crippen molar-refractivity contribution < 1.29 is 27.1 Å². The molecule has 0 radical (unpaired) electrons. The number of carboxylic acid groups (broad SMARTS) is 1. The van der Waals surface area contributed by atoms with Gasteiger partial charge in [-0.2, -0.15) is 0 Å². The van der Waals surface area contributed by atoms with Gasteiger partial charge in [-0.25, -0.2) is 26.3 Å². The summed E-state index contributed by atoms with van der Waals surface area (Å²) in [6.07, 6.45) is 0. The molecular weight excluding hydrogens is 399 g/mol. The Labute approximate surface area is 152 Å². The van der Waals surface area contributed by atoms with Crippen molar-refractivity contribution in [1.29, 1.82) is 0 Å². The lowest BCUT2D eigenvalue weighted by Gasteiger charge is -2.28. The smallest absolute Gasteiger partial charge is 0.327 e. The Kier molecular flexibility index (Phi) is 5.55. The van der Waals surface area contributed by atoms with Gasteiger partial charge < -0.3 is 5.11 Å². The van der Waals surface area contributed by atoms with Gasteiger partial charge in [-0.15, -0.1) is 0 Å². The number of halogens is 4. The molecule has 1 unspecified atom stereocenters. The highest BCUT2D eigenvalue weighted by molar-refractivity contribution is 7.93. The Balaban J connectivity index is 2.69. The van der Waals surface area contributed by atoms with E-state index in [4.69, 9.17) is 23.2 Å². The number of rotatable bonds is 5. The van der Waals surface area contributed by atoms with Crippen LogP contribution in [0.15, 0.2) is 41.3 Å². The highest BCUT2D eigenvalue weighted by atomic mass is 35.5. The normalized spacial score (nSPS) is 12.7. The first kappa shape index (κ1) is 19.4. The minimum atomic E-state index is -4.53. The number of sulfonamides is 1. The van der Waals surface area contributed by atoms with E-state index in [0.717, 1.165) is 31.2 Å². The average Bonchev–Trinajstić information content (AvgIpc) is 2.51. The molecule has 2 aromatic rings. The number of carboxylic acids is 1. The van der Waals surface area contributed by atoms with Gasteiger partial charge in [0.2, 0.25) is 0 Å². The fourth-order valence-corrected chi connectivity index (χ4v) is 4.07. The molecule has 0 spiro atoms. The molecule has 0 aliphatic heterocycles. The summed E-state index contributed by atoms with van der Waals surface area (Å²) < 4.78 is 53.4. The molecule has 0 amide bonds. The lowest BCUT2D eigenvalue weighted by atomic mass is 10.2. The van der Waals surface area contributed by atoms with Gasteiger partial charge in [-0.3, -0.25) is 0 Å². The summed E-state index contributed by atoms with van der Waals surface area (Å²) in [5.74, 6) is -3.68. The van der Waals surface area contributed by atoms with Crippen molar-refractivity contribution in [2.45, 2.75) is 17.9 Å². The summed E-state index contributed by atoms with van der Waals surface area (Å²) in [7, 11) is -4.53. The largest absolute Gasteiger partial charge is 0.480 e. The van der Waals surface area contributed by atoms with E-state index in [1.54, 1.807) is 0 Å². The van der Waals surface area contributed by atoms with Crippen LogP contribution in [0, 0.1) is 11.6 Å². The number of carbonyl (C=O) groups is 1. The van der Waals surface area contributed by atoms with Gasteiger partial charge >= 0.3 is 5.97 Å². The van der Waals surface area contributed by atoms with Crippen LogP contribution in [0.1, 0.15) is 6.92 Å². The lowest BCUT2D eigenvalue weighted by molar-refractivity contribution is -0.137. The van der Waals surface area contributed by atoms with E-state index in [1.165, 1.54) is 6.07 Å². The molecule has 2 rings (SSSR count). The minimum Gasteiger partial charge on any atom is -0.480 e. The van der Waals surface area contributed by atoms with Crippen molar-refractivity contribution in [3.05, 3.63) is 58.1 Å². The number of anilines is 1. The second kappa shape index (κ2) is 7.15. The molecule has 10 heteroatoms.